The standard InChI is InChI=1S/C24H23FN6O/c25-20-7-5-17(6-8-20)15-26-21-9-10-22-27-28-23(31(22)29-21)11-12-24(32)30-14-13-18-3-1-2-4-19(18)16-30/h1-10H,11-16H2,(H,26,29). The van der Waals surface area contributed by atoms with Gasteiger partial charge >= 0.3 is 0 Å². The molecule has 0 unspecified atom stereocenters. The van der Waals surface area contributed by atoms with Gasteiger partial charge in [-0.1, -0.05) is 36.4 Å². The van der Waals surface area contributed by atoms with Gasteiger partial charge in [-0.3, -0.25) is 4.79 Å². The summed E-state index contributed by atoms with van der Waals surface area (Å²) < 4.78 is 14.7. The first-order valence-corrected chi connectivity index (χ1v) is 10.7. The van der Waals surface area contributed by atoms with Crippen molar-refractivity contribution in [2.75, 3.05) is 11.9 Å². The van der Waals surface area contributed by atoms with E-state index < -0.39 is 0 Å². The molecule has 1 amide bonds. The predicted octanol–water partition coefficient (Wildman–Crippen LogP) is 3.39. The number of amides is 1. The summed E-state index contributed by atoms with van der Waals surface area (Å²) in [5, 5.41) is 16.2. The van der Waals surface area contributed by atoms with Gasteiger partial charge < -0.3 is 10.2 Å². The lowest BCUT2D eigenvalue weighted by atomic mass is 9.99. The second kappa shape index (κ2) is 8.74. The lowest BCUT2D eigenvalue weighted by molar-refractivity contribution is -0.132. The molecule has 0 saturated carbocycles. The number of aromatic nitrogens is 4. The molecule has 1 aliphatic heterocycles. The van der Waals surface area contributed by atoms with Crippen LogP contribution in [-0.4, -0.2) is 37.2 Å². The Morgan fingerprint density at radius 2 is 1.81 bits per heavy atom. The molecule has 0 fully saturated rings. The van der Waals surface area contributed by atoms with Gasteiger partial charge in [-0.25, -0.2) is 4.39 Å². The number of nitrogens with zero attached hydrogens (tertiary/aromatic N) is 5. The van der Waals surface area contributed by atoms with E-state index >= 15 is 0 Å². The summed E-state index contributed by atoms with van der Waals surface area (Å²) in [5.41, 5.74) is 4.13. The summed E-state index contributed by atoms with van der Waals surface area (Å²) in [7, 11) is 0. The fourth-order valence-electron chi connectivity index (χ4n) is 3.96. The van der Waals surface area contributed by atoms with Crippen molar-refractivity contribution in [3.63, 3.8) is 0 Å². The Morgan fingerprint density at radius 3 is 2.66 bits per heavy atom. The van der Waals surface area contributed by atoms with Gasteiger partial charge in [0.15, 0.2) is 11.5 Å². The Bertz CT molecular complexity index is 1250. The van der Waals surface area contributed by atoms with Crippen molar-refractivity contribution in [3.05, 3.63) is 89.0 Å². The first-order valence-electron chi connectivity index (χ1n) is 10.7. The molecule has 0 spiro atoms. The molecular formula is C24H23FN6O. The number of hydrogen-bond acceptors (Lipinski definition) is 5. The van der Waals surface area contributed by atoms with Crippen molar-refractivity contribution >= 4 is 17.4 Å². The molecule has 5 rings (SSSR count). The van der Waals surface area contributed by atoms with Gasteiger partial charge in [-0.2, -0.15) is 4.52 Å². The lowest BCUT2D eigenvalue weighted by Gasteiger charge is -2.28. The molecule has 2 aromatic carbocycles. The highest BCUT2D eigenvalue weighted by atomic mass is 19.1. The van der Waals surface area contributed by atoms with E-state index in [1.807, 2.05) is 29.2 Å². The molecule has 32 heavy (non-hydrogen) atoms. The Morgan fingerprint density at radius 1 is 1.00 bits per heavy atom. The van der Waals surface area contributed by atoms with Crippen molar-refractivity contribution in [3.8, 4) is 0 Å². The number of fused-ring (bicyclic) bond motifs is 2. The number of carbonyl (C=O) groups is 1. The SMILES string of the molecule is O=C(CCc1nnc2ccc(NCc3ccc(F)cc3)nn12)N1CCc2ccccc2C1. The van der Waals surface area contributed by atoms with Crippen LogP contribution in [0.4, 0.5) is 10.2 Å². The zero-order valence-corrected chi connectivity index (χ0v) is 17.5. The molecule has 7 nitrogen and oxygen atoms in total. The summed E-state index contributed by atoms with van der Waals surface area (Å²) in [5.74, 6) is 1.16. The average molecular weight is 430 g/mol. The minimum Gasteiger partial charge on any atom is -0.365 e. The molecule has 8 heteroatoms. The van der Waals surface area contributed by atoms with Gasteiger partial charge in [0.05, 0.1) is 0 Å². The summed E-state index contributed by atoms with van der Waals surface area (Å²) >= 11 is 0. The van der Waals surface area contributed by atoms with Crippen molar-refractivity contribution in [2.45, 2.75) is 32.4 Å². The molecule has 4 aromatic rings. The third-order valence-corrected chi connectivity index (χ3v) is 5.76. The molecule has 0 aliphatic carbocycles. The number of hydrogen-bond donors (Lipinski definition) is 1. The highest BCUT2D eigenvalue weighted by Crippen LogP contribution is 2.19. The number of rotatable bonds is 6. The number of halogens is 1. The maximum Gasteiger partial charge on any atom is 0.223 e. The van der Waals surface area contributed by atoms with Crippen molar-refractivity contribution in [1.82, 2.24) is 24.7 Å². The normalized spacial score (nSPS) is 13.2. The van der Waals surface area contributed by atoms with Crippen LogP contribution in [0.3, 0.4) is 0 Å². The zero-order chi connectivity index (χ0) is 21.9. The van der Waals surface area contributed by atoms with Crippen LogP contribution in [0.2, 0.25) is 0 Å². The van der Waals surface area contributed by atoms with E-state index in [4.69, 9.17) is 0 Å². The molecule has 1 N–H and O–H groups in total. The summed E-state index contributed by atoms with van der Waals surface area (Å²) in [6.45, 7) is 1.92. The second-order valence-electron chi connectivity index (χ2n) is 7.92. The maximum atomic E-state index is 13.1. The number of carbonyl (C=O) groups excluding carboxylic acids is 1. The van der Waals surface area contributed by atoms with Crippen molar-refractivity contribution < 1.29 is 9.18 Å². The smallest absolute Gasteiger partial charge is 0.223 e. The van der Waals surface area contributed by atoms with Gasteiger partial charge in [-0.05, 0) is 47.4 Å². The molecule has 0 radical (unpaired) electrons. The van der Waals surface area contributed by atoms with Crippen LogP contribution in [0.1, 0.15) is 28.9 Å². The number of nitrogens with one attached hydrogen (secondary N) is 1. The van der Waals surface area contributed by atoms with Crippen LogP contribution >= 0.6 is 0 Å². The van der Waals surface area contributed by atoms with Gasteiger partial charge in [0.2, 0.25) is 5.91 Å². The highest BCUT2D eigenvalue weighted by Gasteiger charge is 2.21. The predicted molar refractivity (Wildman–Crippen MR) is 118 cm³/mol. The topological polar surface area (TPSA) is 75.4 Å². The second-order valence-corrected chi connectivity index (χ2v) is 7.92. The van der Waals surface area contributed by atoms with Crippen molar-refractivity contribution in [1.29, 1.82) is 0 Å². The van der Waals surface area contributed by atoms with Crippen molar-refractivity contribution in [2.24, 2.45) is 0 Å². The molecule has 3 heterocycles. The van der Waals surface area contributed by atoms with Crippen LogP contribution in [0.25, 0.3) is 5.65 Å². The fraction of sp³-hybridized carbons (Fsp3) is 0.250. The zero-order valence-electron chi connectivity index (χ0n) is 17.5. The summed E-state index contributed by atoms with van der Waals surface area (Å²) in [6, 6.07) is 18.3. The number of benzene rings is 2. The van der Waals surface area contributed by atoms with E-state index in [2.05, 4.69) is 32.7 Å². The first kappa shape index (κ1) is 20.1. The molecule has 162 valence electrons. The third kappa shape index (κ3) is 4.30. The van der Waals surface area contributed by atoms with Crippen LogP contribution in [0.5, 0.6) is 0 Å². The van der Waals surface area contributed by atoms with Gasteiger partial charge in [0.1, 0.15) is 11.6 Å². The highest BCUT2D eigenvalue weighted by molar-refractivity contribution is 5.76. The van der Waals surface area contributed by atoms with E-state index in [0.717, 1.165) is 18.5 Å². The largest absolute Gasteiger partial charge is 0.365 e. The minimum atomic E-state index is -0.259. The Balaban J connectivity index is 1.23. The number of aryl methyl sites for hydroxylation is 1. The first-order chi connectivity index (χ1) is 15.7. The quantitative estimate of drug-likeness (QED) is 0.508. The average Bonchev–Trinajstić information content (AvgIpc) is 3.24. The van der Waals surface area contributed by atoms with E-state index in [0.29, 0.717) is 43.2 Å². The molecule has 1 aliphatic rings. The van der Waals surface area contributed by atoms with Crippen LogP contribution < -0.4 is 5.32 Å². The van der Waals surface area contributed by atoms with Gasteiger partial charge in [-0.15, -0.1) is 15.3 Å². The monoisotopic (exact) mass is 430 g/mol. The van der Waals surface area contributed by atoms with Gasteiger partial charge in [0, 0.05) is 32.5 Å². The summed E-state index contributed by atoms with van der Waals surface area (Å²) in [6.07, 6.45) is 1.71. The van der Waals surface area contributed by atoms with E-state index in [-0.39, 0.29) is 11.7 Å². The van der Waals surface area contributed by atoms with E-state index in [1.54, 1.807) is 16.6 Å². The molecular weight excluding hydrogens is 407 g/mol. The number of anilines is 1. The van der Waals surface area contributed by atoms with Crippen LogP contribution in [0, 0.1) is 5.82 Å². The Hall–Kier alpha value is -3.81. The van der Waals surface area contributed by atoms with Gasteiger partial charge in [0.25, 0.3) is 0 Å². The van der Waals surface area contributed by atoms with E-state index in [9.17, 15) is 9.18 Å². The molecule has 0 bridgehead atoms. The Labute approximate surface area is 184 Å². The van der Waals surface area contributed by atoms with E-state index in [1.165, 1.54) is 23.3 Å². The fourth-order valence-corrected chi connectivity index (χ4v) is 3.96. The van der Waals surface area contributed by atoms with Crippen LogP contribution in [0.15, 0.2) is 60.7 Å². The minimum absolute atomic E-state index is 0.113. The summed E-state index contributed by atoms with van der Waals surface area (Å²) in [4.78, 5) is 14.7. The third-order valence-electron chi connectivity index (χ3n) is 5.76. The molecule has 2 aromatic heterocycles. The molecule has 0 saturated heterocycles. The maximum absolute atomic E-state index is 13.1. The Kier molecular flexibility index (Phi) is 5.49. The lowest BCUT2D eigenvalue weighted by Crippen LogP contribution is -2.36. The molecule has 0 atom stereocenters. The van der Waals surface area contributed by atoms with Crippen LogP contribution in [-0.2, 0) is 30.7 Å².